The Labute approximate surface area is 81.6 Å². The highest BCUT2D eigenvalue weighted by atomic mass is 32.2. The van der Waals surface area contributed by atoms with Crippen LogP contribution in [0.1, 0.15) is 5.56 Å². The first-order valence-electron chi connectivity index (χ1n) is 4.06. The molecular formula is C8H14N2O2S. The van der Waals surface area contributed by atoms with Gasteiger partial charge in [0.1, 0.15) is 0 Å². The zero-order valence-corrected chi connectivity index (χ0v) is 8.37. The molecule has 0 spiro atoms. The molecule has 1 rings (SSSR count). The maximum atomic E-state index is 9.05. The smallest absolute Gasteiger partial charge is 0.0861 e. The van der Waals surface area contributed by atoms with E-state index in [1.165, 1.54) is 0 Å². The number of hydrogen-bond donors (Lipinski definition) is 2. The molecule has 1 aromatic heterocycles. The number of aryl methyl sites for hydroxylation is 1. The third-order valence-corrected chi connectivity index (χ3v) is 2.71. The second-order valence-corrected chi connectivity index (χ2v) is 3.90. The molecule has 74 valence electrons. The summed E-state index contributed by atoms with van der Waals surface area (Å²) >= 11 is 1.59. The molecule has 1 atom stereocenters. The van der Waals surface area contributed by atoms with Crippen LogP contribution in [-0.4, -0.2) is 38.5 Å². The zero-order valence-electron chi connectivity index (χ0n) is 7.55. The molecule has 0 fully saturated rings. The number of thioether (sulfide) groups is 1. The highest BCUT2D eigenvalue weighted by molar-refractivity contribution is 7.98. The van der Waals surface area contributed by atoms with Gasteiger partial charge in [-0.15, -0.1) is 0 Å². The van der Waals surface area contributed by atoms with Gasteiger partial charge in [-0.25, -0.2) is 0 Å². The number of aromatic nitrogens is 2. The maximum Gasteiger partial charge on any atom is 0.0861 e. The van der Waals surface area contributed by atoms with Crippen molar-refractivity contribution in [2.24, 2.45) is 7.05 Å². The van der Waals surface area contributed by atoms with E-state index in [9.17, 15) is 0 Å². The lowest BCUT2D eigenvalue weighted by molar-refractivity contribution is 0.113. The van der Waals surface area contributed by atoms with E-state index in [1.54, 1.807) is 22.6 Å². The minimum absolute atomic E-state index is 0.167. The molecular weight excluding hydrogens is 188 g/mol. The molecule has 0 bridgehead atoms. The van der Waals surface area contributed by atoms with Gasteiger partial charge in [0.25, 0.3) is 0 Å². The fourth-order valence-corrected chi connectivity index (χ4v) is 1.79. The van der Waals surface area contributed by atoms with Crippen molar-refractivity contribution in [2.75, 3.05) is 12.4 Å². The topological polar surface area (TPSA) is 58.3 Å². The molecule has 13 heavy (non-hydrogen) atoms. The molecule has 1 unspecified atom stereocenters. The maximum absolute atomic E-state index is 9.05. The van der Waals surface area contributed by atoms with Gasteiger partial charge >= 0.3 is 0 Å². The first-order valence-corrected chi connectivity index (χ1v) is 5.22. The summed E-state index contributed by atoms with van der Waals surface area (Å²) in [5.74, 6) is 1.39. The number of aliphatic hydroxyl groups is 2. The van der Waals surface area contributed by atoms with Crippen LogP contribution in [-0.2, 0) is 12.8 Å². The lowest BCUT2D eigenvalue weighted by Gasteiger charge is -2.04. The SMILES string of the molecule is Cn1cc(CSCC(O)CO)cn1. The van der Waals surface area contributed by atoms with Crippen LogP contribution in [0.4, 0.5) is 0 Å². The lowest BCUT2D eigenvalue weighted by atomic mass is 10.4. The molecule has 5 heteroatoms. The van der Waals surface area contributed by atoms with Crippen molar-refractivity contribution in [3.05, 3.63) is 18.0 Å². The van der Waals surface area contributed by atoms with Crippen LogP contribution < -0.4 is 0 Å². The molecule has 0 aliphatic heterocycles. The lowest BCUT2D eigenvalue weighted by Crippen LogP contribution is -2.14. The van der Waals surface area contributed by atoms with E-state index in [0.717, 1.165) is 11.3 Å². The van der Waals surface area contributed by atoms with Crippen LogP contribution in [0.3, 0.4) is 0 Å². The Kier molecular flexibility index (Phi) is 4.27. The molecule has 4 nitrogen and oxygen atoms in total. The molecule has 0 saturated carbocycles. The summed E-state index contributed by atoms with van der Waals surface area (Å²) in [5, 5.41) is 21.6. The summed E-state index contributed by atoms with van der Waals surface area (Å²) in [6.07, 6.45) is 3.14. The van der Waals surface area contributed by atoms with Crippen molar-refractivity contribution in [3.8, 4) is 0 Å². The van der Waals surface area contributed by atoms with Gasteiger partial charge in [0.2, 0.25) is 0 Å². The summed E-state index contributed by atoms with van der Waals surface area (Å²) in [6, 6.07) is 0. The second-order valence-electron chi connectivity index (χ2n) is 2.87. The fraction of sp³-hybridized carbons (Fsp3) is 0.625. The summed E-state index contributed by atoms with van der Waals surface area (Å²) in [7, 11) is 1.87. The van der Waals surface area contributed by atoms with E-state index in [2.05, 4.69) is 5.10 Å². The highest BCUT2D eigenvalue weighted by Gasteiger charge is 2.02. The summed E-state index contributed by atoms with van der Waals surface area (Å²) in [6.45, 7) is -0.167. The van der Waals surface area contributed by atoms with Gasteiger partial charge in [-0.2, -0.15) is 16.9 Å². The van der Waals surface area contributed by atoms with Gasteiger partial charge in [-0.05, 0) is 5.56 Å². The molecule has 0 radical (unpaired) electrons. The standard InChI is InChI=1S/C8H14N2O2S/c1-10-3-7(2-9-10)5-13-6-8(12)4-11/h2-3,8,11-12H,4-6H2,1H3. The molecule has 0 aliphatic rings. The average molecular weight is 202 g/mol. The van der Waals surface area contributed by atoms with Crippen molar-refractivity contribution in [1.82, 2.24) is 9.78 Å². The molecule has 0 aromatic carbocycles. The third-order valence-electron chi connectivity index (χ3n) is 1.55. The second kappa shape index (κ2) is 5.26. The first-order chi connectivity index (χ1) is 6.22. The summed E-state index contributed by atoms with van der Waals surface area (Å²) in [5.41, 5.74) is 1.14. The van der Waals surface area contributed by atoms with Crippen LogP contribution >= 0.6 is 11.8 Å². The van der Waals surface area contributed by atoms with E-state index < -0.39 is 6.10 Å². The van der Waals surface area contributed by atoms with Crippen molar-refractivity contribution < 1.29 is 10.2 Å². The molecule has 0 amide bonds. The molecule has 2 N–H and O–H groups in total. The first kappa shape index (κ1) is 10.6. The molecule has 0 aliphatic carbocycles. The largest absolute Gasteiger partial charge is 0.394 e. The predicted octanol–water partition coefficient (Wildman–Crippen LogP) is 0.00650. The fourth-order valence-electron chi connectivity index (χ4n) is 0.912. The minimum atomic E-state index is -0.610. The van der Waals surface area contributed by atoms with Crippen molar-refractivity contribution in [1.29, 1.82) is 0 Å². The average Bonchev–Trinajstić information content (AvgIpc) is 2.51. The Morgan fingerprint density at radius 1 is 1.69 bits per heavy atom. The molecule has 1 heterocycles. The van der Waals surface area contributed by atoms with Gasteiger partial charge < -0.3 is 10.2 Å². The van der Waals surface area contributed by atoms with Crippen molar-refractivity contribution in [2.45, 2.75) is 11.9 Å². The van der Waals surface area contributed by atoms with Crippen molar-refractivity contribution >= 4 is 11.8 Å². The quantitative estimate of drug-likeness (QED) is 0.706. The van der Waals surface area contributed by atoms with Crippen LogP contribution in [0.15, 0.2) is 12.4 Å². The summed E-state index contributed by atoms with van der Waals surface area (Å²) < 4.78 is 1.75. The zero-order chi connectivity index (χ0) is 9.68. The van der Waals surface area contributed by atoms with Crippen LogP contribution in [0.2, 0.25) is 0 Å². The van der Waals surface area contributed by atoms with E-state index in [4.69, 9.17) is 10.2 Å². The Morgan fingerprint density at radius 3 is 3.00 bits per heavy atom. The normalized spacial score (nSPS) is 13.2. The van der Waals surface area contributed by atoms with E-state index in [1.807, 2.05) is 13.2 Å². The van der Waals surface area contributed by atoms with Crippen LogP contribution in [0, 0.1) is 0 Å². The Hall–Kier alpha value is -0.520. The number of rotatable bonds is 5. The Morgan fingerprint density at radius 2 is 2.46 bits per heavy atom. The molecule has 1 aromatic rings. The predicted molar refractivity (Wildman–Crippen MR) is 52.5 cm³/mol. The number of nitrogens with zero attached hydrogens (tertiary/aromatic N) is 2. The van der Waals surface area contributed by atoms with Crippen molar-refractivity contribution in [3.63, 3.8) is 0 Å². The number of aliphatic hydroxyl groups excluding tert-OH is 2. The van der Waals surface area contributed by atoms with E-state index in [0.29, 0.717) is 5.75 Å². The van der Waals surface area contributed by atoms with Gasteiger partial charge in [0.15, 0.2) is 0 Å². The summed E-state index contributed by atoms with van der Waals surface area (Å²) in [4.78, 5) is 0. The third kappa shape index (κ3) is 3.80. The molecule has 0 saturated heterocycles. The van der Waals surface area contributed by atoms with E-state index in [-0.39, 0.29) is 6.61 Å². The van der Waals surface area contributed by atoms with Gasteiger partial charge in [-0.3, -0.25) is 4.68 Å². The van der Waals surface area contributed by atoms with Gasteiger partial charge in [-0.1, -0.05) is 0 Å². The van der Waals surface area contributed by atoms with Crippen LogP contribution in [0.25, 0.3) is 0 Å². The minimum Gasteiger partial charge on any atom is -0.394 e. The Bertz CT molecular complexity index is 252. The monoisotopic (exact) mass is 202 g/mol. The van der Waals surface area contributed by atoms with Crippen LogP contribution in [0.5, 0.6) is 0 Å². The van der Waals surface area contributed by atoms with E-state index >= 15 is 0 Å². The Balaban J connectivity index is 2.20. The van der Waals surface area contributed by atoms with Gasteiger partial charge in [0, 0.05) is 24.8 Å². The highest BCUT2D eigenvalue weighted by Crippen LogP contribution is 2.11. The van der Waals surface area contributed by atoms with Gasteiger partial charge in [0.05, 0.1) is 18.9 Å². The number of hydrogen-bond acceptors (Lipinski definition) is 4.